The van der Waals surface area contributed by atoms with Gasteiger partial charge in [0, 0.05) is 24.9 Å². The van der Waals surface area contributed by atoms with Crippen molar-refractivity contribution in [2.45, 2.75) is 26.8 Å². The first-order chi connectivity index (χ1) is 8.41. The van der Waals surface area contributed by atoms with Crippen LogP contribution in [0.3, 0.4) is 0 Å². The fourth-order valence-corrected chi connectivity index (χ4v) is 1.60. The summed E-state index contributed by atoms with van der Waals surface area (Å²) >= 11 is 0. The maximum atomic E-state index is 12.0. The average molecular weight is 246 g/mol. The summed E-state index contributed by atoms with van der Waals surface area (Å²) in [6.45, 7) is 6.27. The number of benzene rings is 1. The van der Waals surface area contributed by atoms with Crippen molar-refractivity contribution in [1.82, 2.24) is 4.90 Å². The maximum absolute atomic E-state index is 12.0. The maximum Gasteiger partial charge on any atom is 0.246 e. The Morgan fingerprint density at radius 3 is 2.56 bits per heavy atom. The van der Waals surface area contributed by atoms with Gasteiger partial charge in [-0.25, -0.2) is 0 Å². The Morgan fingerprint density at radius 2 is 2.00 bits per heavy atom. The molecule has 0 spiro atoms. The molecule has 1 aromatic rings. The smallest absolute Gasteiger partial charge is 0.246 e. The molecule has 0 aromatic heterocycles. The van der Waals surface area contributed by atoms with Crippen molar-refractivity contribution in [3.8, 4) is 0 Å². The van der Waals surface area contributed by atoms with Gasteiger partial charge in [0.1, 0.15) is 0 Å². The molecular formula is C15H22N2O. The monoisotopic (exact) mass is 246 g/mol. The van der Waals surface area contributed by atoms with Gasteiger partial charge in [-0.2, -0.15) is 0 Å². The van der Waals surface area contributed by atoms with Gasteiger partial charge in [0.2, 0.25) is 5.91 Å². The highest BCUT2D eigenvalue weighted by Gasteiger charge is 2.16. The van der Waals surface area contributed by atoms with Crippen molar-refractivity contribution in [1.29, 1.82) is 0 Å². The zero-order valence-electron chi connectivity index (χ0n) is 11.6. The summed E-state index contributed by atoms with van der Waals surface area (Å²) in [4.78, 5) is 13.7. The van der Waals surface area contributed by atoms with E-state index in [9.17, 15) is 4.79 Å². The number of nitrogens with zero attached hydrogens (tertiary/aromatic N) is 1. The number of carbonyl (C=O) groups is 1. The quantitative estimate of drug-likeness (QED) is 0.656. The lowest BCUT2D eigenvalue weighted by atomic mass is 10.1. The van der Waals surface area contributed by atoms with Crippen LogP contribution in [0, 0.1) is 5.92 Å². The summed E-state index contributed by atoms with van der Waals surface area (Å²) in [5.41, 5.74) is 7.32. The average Bonchev–Trinajstić information content (AvgIpc) is 2.34. The van der Waals surface area contributed by atoms with Crippen molar-refractivity contribution < 1.29 is 4.79 Å². The first-order valence-corrected chi connectivity index (χ1v) is 6.22. The highest BCUT2D eigenvalue weighted by molar-refractivity contribution is 5.91. The van der Waals surface area contributed by atoms with Crippen LogP contribution in [0.4, 0.5) is 5.69 Å². The van der Waals surface area contributed by atoms with Gasteiger partial charge in [-0.05, 0) is 36.6 Å². The van der Waals surface area contributed by atoms with Crippen LogP contribution in [0.5, 0.6) is 0 Å². The first-order valence-electron chi connectivity index (χ1n) is 6.22. The molecule has 18 heavy (non-hydrogen) atoms. The van der Waals surface area contributed by atoms with Crippen molar-refractivity contribution in [3.05, 3.63) is 35.9 Å². The van der Waals surface area contributed by atoms with Crippen LogP contribution in [0.1, 0.15) is 26.3 Å². The number of nitrogens with two attached hydrogens (primary N) is 1. The topological polar surface area (TPSA) is 46.3 Å². The molecule has 3 nitrogen and oxygen atoms in total. The Bertz CT molecular complexity index is 438. The van der Waals surface area contributed by atoms with E-state index in [0.717, 1.165) is 5.56 Å². The largest absolute Gasteiger partial charge is 0.399 e. The number of rotatable bonds is 4. The van der Waals surface area contributed by atoms with Crippen LogP contribution >= 0.6 is 0 Å². The molecule has 1 atom stereocenters. The minimum atomic E-state index is 0.0126. The molecule has 0 radical (unpaired) electrons. The predicted octanol–water partition coefficient (Wildman–Crippen LogP) is 2.78. The molecule has 0 aliphatic rings. The summed E-state index contributed by atoms with van der Waals surface area (Å²) in [5.74, 6) is 0.457. The van der Waals surface area contributed by atoms with E-state index in [1.807, 2.05) is 31.3 Å². The molecule has 0 saturated heterocycles. The van der Waals surface area contributed by atoms with Crippen molar-refractivity contribution >= 4 is 17.7 Å². The van der Waals surface area contributed by atoms with E-state index in [-0.39, 0.29) is 11.9 Å². The molecule has 0 aliphatic heterocycles. The molecule has 0 fully saturated rings. The molecule has 98 valence electrons. The van der Waals surface area contributed by atoms with Crippen molar-refractivity contribution in [3.63, 3.8) is 0 Å². The summed E-state index contributed by atoms with van der Waals surface area (Å²) in [6.07, 6.45) is 3.38. The Hall–Kier alpha value is -1.77. The lowest BCUT2D eigenvalue weighted by Crippen LogP contribution is -2.37. The minimum Gasteiger partial charge on any atom is -0.399 e. The van der Waals surface area contributed by atoms with Gasteiger partial charge in [-0.3, -0.25) is 4.79 Å². The van der Waals surface area contributed by atoms with E-state index in [2.05, 4.69) is 20.8 Å². The van der Waals surface area contributed by atoms with Gasteiger partial charge < -0.3 is 10.6 Å². The van der Waals surface area contributed by atoms with Crippen LogP contribution in [-0.2, 0) is 4.79 Å². The SMILES string of the molecule is CC(C)C(C)N(C)C(=O)/C=C/c1cccc(N)c1. The molecule has 0 heterocycles. The van der Waals surface area contributed by atoms with E-state index in [0.29, 0.717) is 11.6 Å². The first kappa shape index (κ1) is 14.3. The molecule has 2 N–H and O–H groups in total. The predicted molar refractivity (Wildman–Crippen MR) is 77.0 cm³/mol. The van der Waals surface area contributed by atoms with Crippen molar-refractivity contribution in [2.24, 2.45) is 5.92 Å². The molecular weight excluding hydrogens is 224 g/mol. The van der Waals surface area contributed by atoms with Gasteiger partial charge in [-0.1, -0.05) is 26.0 Å². The minimum absolute atomic E-state index is 0.0126. The number of hydrogen-bond donors (Lipinski definition) is 1. The van der Waals surface area contributed by atoms with E-state index >= 15 is 0 Å². The van der Waals surface area contributed by atoms with Crippen LogP contribution in [0.2, 0.25) is 0 Å². The molecule has 1 rings (SSSR count). The van der Waals surface area contributed by atoms with Gasteiger partial charge >= 0.3 is 0 Å². The van der Waals surface area contributed by atoms with E-state index in [4.69, 9.17) is 5.73 Å². The van der Waals surface area contributed by atoms with Gasteiger partial charge in [0.15, 0.2) is 0 Å². The Kier molecular flexibility index (Phi) is 4.95. The second-order valence-electron chi connectivity index (χ2n) is 4.94. The summed E-state index contributed by atoms with van der Waals surface area (Å²) < 4.78 is 0. The van der Waals surface area contributed by atoms with Crippen LogP contribution < -0.4 is 5.73 Å². The Labute approximate surface area is 109 Å². The van der Waals surface area contributed by atoms with Gasteiger partial charge in [0.05, 0.1) is 0 Å². The van der Waals surface area contributed by atoms with E-state index in [1.165, 1.54) is 0 Å². The number of nitrogen functional groups attached to an aromatic ring is 1. The fourth-order valence-electron chi connectivity index (χ4n) is 1.60. The molecule has 0 bridgehead atoms. The summed E-state index contributed by atoms with van der Waals surface area (Å²) in [5, 5.41) is 0. The fraction of sp³-hybridized carbons (Fsp3) is 0.400. The third-order valence-electron chi connectivity index (χ3n) is 3.25. The molecule has 1 unspecified atom stereocenters. The molecule has 3 heteroatoms. The van der Waals surface area contributed by atoms with Crippen molar-refractivity contribution in [2.75, 3.05) is 12.8 Å². The Balaban J connectivity index is 2.70. The zero-order valence-corrected chi connectivity index (χ0v) is 11.6. The third-order valence-corrected chi connectivity index (χ3v) is 3.25. The van der Waals surface area contributed by atoms with Crippen LogP contribution in [0.25, 0.3) is 6.08 Å². The van der Waals surface area contributed by atoms with Crippen LogP contribution in [-0.4, -0.2) is 23.9 Å². The molecule has 0 saturated carbocycles. The second-order valence-corrected chi connectivity index (χ2v) is 4.94. The molecule has 1 amide bonds. The molecule has 1 aromatic carbocycles. The number of carbonyl (C=O) groups excluding carboxylic acids is 1. The molecule has 0 aliphatic carbocycles. The third kappa shape index (κ3) is 3.91. The van der Waals surface area contributed by atoms with Gasteiger partial charge in [0.25, 0.3) is 0 Å². The normalized spacial score (nSPS) is 12.9. The lowest BCUT2D eigenvalue weighted by Gasteiger charge is -2.26. The highest BCUT2D eigenvalue weighted by atomic mass is 16.2. The standard InChI is InChI=1S/C15H22N2O/c1-11(2)12(3)17(4)15(18)9-8-13-6-5-7-14(16)10-13/h5-12H,16H2,1-4H3/b9-8+. The number of hydrogen-bond acceptors (Lipinski definition) is 2. The number of anilines is 1. The summed E-state index contributed by atoms with van der Waals surface area (Å²) in [6, 6.07) is 7.69. The van der Waals surface area contributed by atoms with Crippen LogP contribution in [0.15, 0.2) is 30.3 Å². The van der Waals surface area contributed by atoms with E-state index in [1.54, 1.807) is 17.1 Å². The summed E-state index contributed by atoms with van der Waals surface area (Å²) in [7, 11) is 1.83. The number of amides is 1. The highest BCUT2D eigenvalue weighted by Crippen LogP contribution is 2.11. The van der Waals surface area contributed by atoms with Gasteiger partial charge in [-0.15, -0.1) is 0 Å². The zero-order chi connectivity index (χ0) is 13.7. The second kappa shape index (κ2) is 6.24. The number of likely N-dealkylation sites (N-methyl/N-ethyl adjacent to an activating group) is 1. The Morgan fingerprint density at radius 1 is 1.33 bits per heavy atom. The lowest BCUT2D eigenvalue weighted by molar-refractivity contribution is -0.127. The van der Waals surface area contributed by atoms with E-state index < -0.39 is 0 Å².